The fourth-order valence-electron chi connectivity index (χ4n) is 2.40. The molecular weight excluding hydrogens is 292 g/mol. The van der Waals surface area contributed by atoms with E-state index in [0.29, 0.717) is 26.1 Å². The topological polar surface area (TPSA) is 73.6 Å². The molecule has 0 bridgehead atoms. The molecule has 1 aromatic rings. The molecule has 1 heterocycles. The van der Waals surface area contributed by atoms with Gasteiger partial charge in [0.25, 0.3) is 0 Å². The molecule has 21 heavy (non-hydrogen) atoms. The first-order chi connectivity index (χ1) is 9.57. The van der Waals surface area contributed by atoms with Crippen LogP contribution in [0.1, 0.15) is 31.4 Å². The summed E-state index contributed by atoms with van der Waals surface area (Å²) in [6, 6.07) is 7.50. The number of nitrogens with one attached hydrogen (secondary N) is 1. The van der Waals surface area contributed by atoms with Gasteiger partial charge in [-0.05, 0) is 25.8 Å². The molecule has 1 saturated heterocycles. The van der Waals surface area contributed by atoms with Crippen molar-refractivity contribution >= 4 is 18.3 Å². The number of para-hydroxylation sites is 1. The van der Waals surface area contributed by atoms with Gasteiger partial charge in [0.15, 0.2) is 0 Å². The summed E-state index contributed by atoms with van der Waals surface area (Å²) < 4.78 is 10.6. The Morgan fingerprint density at radius 1 is 1.38 bits per heavy atom. The highest BCUT2D eigenvalue weighted by Gasteiger charge is 2.36. The number of benzene rings is 1. The molecule has 3 N–H and O–H groups in total. The predicted octanol–water partition coefficient (Wildman–Crippen LogP) is 1.80. The second-order valence-corrected chi connectivity index (χ2v) is 5.21. The van der Waals surface area contributed by atoms with Gasteiger partial charge in [0.1, 0.15) is 5.75 Å². The lowest BCUT2D eigenvalue weighted by Crippen LogP contribution is -2.57. The lowest BCUT2D eigenvalue weighted by Gasteiger charge is -2.33. The molecule has 5 nitrogen and oxygen atoms in total. The van der Waals surface area contributed by atoms with Crippen molar-refractivity contribution in [3.63, 3.8) is 0 Å². The summed E-state index contributed by atoms with van der Waals surface area (Å²) in [6.07, 6.45) is 1.11. The van der Waals surface area contributed by atoms with Crippen molar-refractivity contribution in [2.75, 3.05) is 20.3 Å². The predicted molar refractivity (Wildman–Crippen MR) is 83.8 cm³/mol. The van der Waals surface area contributed by atoms with Crippen LogP contribution < -0.4 is 15.8 Å². The van der Waals surface area contributed by atoms with Crippen molar-refractivity contribution < 1.29 is 14.3 Å². The van der Waals surface area contributed by atoms with Crippen LogP contribution in [0.15, 0.2) is 24.3 Å². The van der Waals surface area contributed by atoms with E-state index in [-0.39, 0.29) is 24.4 Å². The lowest BCUT2D eigenvalue weighted by molar-refractivity contribution is -0.130. The van der Waals surface area contributed by atoms with Gasteiger partial charge in [0.05, 0.1) is 18.7 Å². The highest BCUT2D eigenvalue weighted by Crippen LogP contribution is 2.26. The van der Waals surface area contributed by atoms with Gasteiger partial charge in [-0.1, -0.05) is 18.2 Å². The normalized spacial score (nSPS) is 18.2. The third-order valence-electron chi connectivity index (χ3n) is 3.79. The van der Waals surface area contributed by atoms with E-state index in [4.69, 9.17) is 15.2 Å². The first-order valence-electron chi connectivity index (χ1n) is 6.87. The second kappa shape index (κ2) is 7.64. The van der Waals surface area contributed by atoms with Crippen LogP contribution in [-0.2, 0) is 9.53 Å². The smallest absolute Gasteiger partial charge is 0.240 e. The number of hydrogen-bond acceptors (Lipinski definition) is 4. The molecule has 0 aromatic heterocycles. The second-order valence-electron chi connectivity index (χ2n) is 5.21. The van der Waals surface area contributed by atoms with Crippen molar-refractivity contribution in [1.29, 1.82) is 0 Å². The number of carbonyl (C=O) groups excluding carboxylic acids is 1. The van der Waals surface area contributed by atoms with E-state index in [2.05, 4.69) is 5.32 Å². The summed E-state index contributed by atoms with van der Waals surface area (Å²) in [5, 5.41) is 2.98. The zero-order valence-corrected chi connectivity index (χ0v) is 13.2. The Kier molecular flexibility index (Phi) is 6.45. The minimum Gasteiger partial charge on any atom is -0.496 e. The van der Waals surface area contributed by atoms with Crippen LogP contribution in [-0.4, -0.2) is 31.8 Å². The highest BCUT2D eigenvalue weighted by molar-refractivity contribution is 5.86. The summed E-state index contributed by atoms with van der Waals surface area (Å²) >= 11 is 0. The average Bonchev–Trinajstić information content (AvgIpc) is 2.47. The Labute approximate surface area is 131 Å². The molecule has 1 atom stereocenters. The van der Waals surface area contributed by atoms with Crippen LogP contribution >= 0.6 is 12.4 Å². The maximum absolute atomic E-state index is 12.4. The Morgan fingerprint density at radius 2 is 2.00 bits per heavy atom. The van der Waals surface area contributed by atoms with Crippen LogP contribution in [0, 0.1) is 0 Å². The molecule has 1 aliphatic rings. The zero-order valence-electron chi connectivity index (χ0n) is 12.4. The molecule has 2 rings (SSSR count). The monoisotopic (exact) mass is 314 g/mol. The van der Waals surface area contributed by atoms with Crippen molar-refractivity contribution in [2.45, 2.75) is 31.3 Å². The third kappa shape index (κ3) is 4.09. The first-order valence-corrected chi connectivity index (χ1v) is 6.87. The molecule has 1 aromatic carbocycles. The lowest BCUT2D eigenvalue weighted by atomic mass is 9.90. The fourth-order valence-corrected chi connectivity index (χ4v) is 2.40. The minimum atomic E-state index is -0.825. The molecule has 0 saturated carbocycles. The maximum Gasteiger partial charge on any atom is 0.240 e. The van der Waals surface area contributed by atoms with E-state index >= 15 is 0 Å². The summed E-state index contributed by atoms with van der Waals surface area (Å²) in [5.74, 6) is 0.637. The Balaban J connectivity index is 0.00000220. The average molecular weight is 315 g/mol. The summed E-state index contributed by atoms with van der Waals surface area (Å²) in [5.41, 5.74) is 6.29. The van der Waals surface area contributed by atoms with Crippen LogP contribution in [0.25, 0.3) is 0 Å². The van der Waals surface area contributed by atoms with Gasteiger partial charge in [0, 0.05) is 18.8 Å². The quantitative estimate of drug-likeness (QED) is 0.889. The third-order valence-corrected chi connectivity index (χ3v) is 3.79. The largest absolute Gasteiger partial charge is 0.496 e. The molecule has 118 valence electrons. The molecular formula is C15H23ClN2O3. The summed E-state index contributed by atoms with van der Waals surface area (Å²) in [7, 11) is 1.62. The van der Waals surface area contributed by atoms with Crippen LogP contribution in [0.2, 0.25) is 0 Å². The van der Waals surface area contributed by atoms with Crippen molar-refractivity contribution in [2.24, 2.45) is 5.73 Å². The molecule has 1 aliphatic heterocycles. The van der Waals surface area contributed by atoms with E-state index in [9.17, 15) is 4.79 Å². The number of rotatable bonds is 4. The number of hydrogen-bond donors (Lipinski definition) is 2. The number of methoxy groups -OCH3 is 1. The molecule has 0 spiro atoms. The molecule has 0 aliphatic carbocycles. The molecule has 1 fully saturated rings. The standard InChI is InChI=1S/C15H22N2O3.ClH/c1-11(12-5-3-4-6-13(12)19-2)17-14(18)15(16)7-9-20-10-8-15;/h3-6,11H,7-10,16H2,1-2H3,(H,17,18);1H. The van der Waals surface area contributed by atoms with Gasteiger partial charge < -0.3 is 20.5 Å². The van der Waals surface area contributed by atoms with Crippen LogP contribution in [0.5, 0.6) is 5.75 Å². The Bertz CT molecular complexity index is 476. The molecule has 6 heteroatoms. The minimum absolute atomic E-state index is 0. The van der Waals surface area contributed by atoms with Gasteiger partial charge >= 0.3 is 0 Å². The number of ether oxygens (including phenoxy) is 2. The van der Waals surface area contributed by atoms with Crippen molar-refractivity contribution in [3.05, 3.63) is 29.8 Å². The van der Waals surface area contributed by atoms with E-state index in [1.54, 1.807) is 7.11 Å². The SMILES string of the molecule is COc1ccccc1C(C)NC(=O)C1(N)CCOCC1.Cl. The van der Waals surface area contributed by atoms with E-state index in [1.807, 2.05) is 31.2 Å². The summed E-state index contributed by atoms with van der Waals surface area (Å²) in [6.45, 7) is 3.00. The highest BCUT2D eigenvalue weighted by atomic mass is 35.5. The Morgan fingerprint density at radius 3 is 2.62 bits per heavy atom. The number of nitrogens with two attached hydrogens (primary N) is 1. The number of carbonyl (C=O) groups is 1. The van der Waals surface area contributed by atoms with Crippen molar-refractivity contribution in [3.8, 4) is 5.75 Å². The van der Waals surface area contributed by atoms with E-state index < -0.39 is 5.54 Å². The van der Waals surface area contributed by atoms with Gasteiger partial charge in [-0.15, -0.1) is 12.4 Å². The maximum atomic E-state index is 12.4. The molecule has 1 amide bonds. The van der Waals surface area contributed by atoms with Crippen molar-refractivity contribution in [1.82, 2.24) is 5.32 Å². The van der Waals surface area contributed by atoms with E-state index in [1.165, 1.54) is 0 Å². The number of halogens is 1. The number of amides is 1. The van der Waals surface area contributed by atoms with Gasteiger partial charge in [-0.25, -0.2) is 0 Å². The molecule has 1 unspecified atom stereocenters. The summed E-state index contributed by atoms with van der Waals surface area (Å²) in [4.78, 5) is 12.4. The molecule has 0 radical (unpaired) electrons. The van der Waals surface area contributed by atoms with Crippen LogP contribution in [0.4, 0.5) is 0 Å². The van der Waals surface area contributed by atoms with Gasteiger partial charge in [-0.3, -0.25) is 4.79 Å². The Hall–Kier alpha value is -1.30. The zero-order chi connectivity index (χ0) is 14.6. The fraction of sp³-hybridized carbons (Fsp3) is 0.533. The van der Waals surface area contributed by atoms with Gasteiger partial charge in [0.2, 0.25) is 5.91 Å². The first kappa shape index (κ1) is 17.8. The van der Waals surface area contributed by atoms with Gasteiger partial charge in [-0.2, -0.15) is 0 Å². The van der Waals surface area contributed by atoms with Crippen LogP contribution in [0.3, 0.4) is 0 Å². The van der Waals surface area contributed by atoms with E-state index in [0.717, 1.165) is 11.3 Å².